The van der Waals surface area contributed by atoms with E-state index in [0.29, 0.717) is 25.9 Å². The van der Waals surface area contributed by atoms with E-state index in [1.165, 1.54) is 167 Å². The maximum absolute atomic E-state index is 12.4. The summed E-state index contributed by atoms with van der Waals surface area (Å²) in [6.07, 6.45) is 57.3. The molecule has 0 aliphatic rings. The molecule has 0 fully saturated rings. The van der Waals surface area contributed by atoms with Gasteiger partial charge in [-0.2, -0.15) is 0 Å². The first-order valence-corrected chi connectivity index (χ1v) is 26.1. The number of carbonyl (C=O) groups excluding carboxylic acids is 2. The first kappa shape index (κ1) is 57.3. The lowest BCUT2D eigenvalue weighted by Gasteiger charge is -2.22. The predicted molar refractivity (Wildman–Crippen MR) is 255 cm³/mol. The van der Waals surface area contributed by atoms with E-state index in [2.05, 4.69) is 43.5 Å². The van der Waals surface area contributed by atoms with Gasteiger partial charge in [0.25, 0.3) is 0 Å². The van der Waals surface area contributed by atoms with Crippen LogP contribution in [0.1, 0.15) is 277 Å². The Morgan fingerprint density at radius 3 is 1.25 bits per heavy atom. The zero-order chi connectivity index (χ0) is 43.0. The molecule has 0 aromatic carbocycles. The van der Waals surface area contributed by atoms with Crippen molar-refractivity contribution < 1.29 is 24.5 Å². The summed E-state index contributed by atoms with van der Waals surface area (Å²) in [6.45, 7) is 4.89. The molecule has 0 bridgehead atoms. The van der Waals surface area contributed by atoms with Crippen molar-refractivity contribution in [2.24, 2.45) is 0 Å². The number of amides is 1. The van der Waals surface area contributed by atoms with Gasteiger partial charge in [0.2, 0.25) is 5.91 Å². The van der Waals surface area contributed by atoms with Crippen LogP contribution < -0.4 is 5.32 Å². The quantitative estimate of drug-likeness (QED) is 0.0322. The SMILES string of the molecule is CCCCCCCCCCCCCCCCCCC(=O)OCCCCC/C=C\C=C/CCCCCCCCC(=O)NC(CO)C(O)CCCCCCCCCCCCC. The first-order chi connectivity index (χ1) is 29.0. The van der Waals surface area contributed by atoms with Crippen molar-refractivity contribution in [1.29, 1.82) is 0 Å². The molecule has 59 heavy (non-hydrogen) atoms. The molecular formula is C53H101NO5. The molecule has 0 aromatic rings. The minimum absolute atomic E-state index is 0.0185. The minimum atomic E-state index is -0.676. The summed E-state index contributed by atoms with van der Waals surface area (Å²) >= 11 is 0. The molecule has 3 N–H and O–H groups in total. The Balaban J connectivity index is 3.49. The Morgan fingerprint density at radius 2 is 0.831 bits per heavy atom. The maximum atomic E-state index is 12.4. The van der Waals surface area contributed by atoms with Crippen molar-refractivity contribution in [3.63, 3.8) is 0 Å². The molecule has 2 unspecified atom stereocenters. The predicted octanol–water partition coefficient (Wildman–Crippen LogP) is 15.5. The van der Waals surface area contributed by atoms with Crippen molar-refractivity contribution >= 4 is 11.9 Å². The fraction of sp³-hybridized carbons (Fsp3) is 0.887. The Kier molecular flexibility index (Phi) is 47.6. The van der Waals surface area contributed by atoms with Gasteiger partial charge in [-0.15, -0.1) is 0 Å². The zero-order valence-corrected chi connectivity index (χ0v) is 39.5. The van der Waals surface area contributed by atoms with E-state index < -0.39 is 12.1 Å². The largest absolute Gasteiger partial charge is 0.466 e. The summed E-state index contributed by atoms with van der Waals surface area (Å²) in [5.74, 6) is -0.0771. The molecule has 0 spiro atoms. The summed E-state index contributed by atoms with van der Waals surface area (Å²) in [5.41, 5.74) is 0. The smallest absolute Gasteiger partial charge is 0.305 e. The maximum Gasteiger partial charge on any atom is 0.305 e. The number of esters is 1. The number of aliphatic hydroxyl groups excluding tert-OH is 2. The van der Waals surface area contributed by atoms with Crippen LogP contribution in [0.5, 0.6) is 0 Å². The van der Waals surface area contributed by atoms with E-state index in [9.17, 15) is 19.8 Å². The van der Waals surface area contributed by atoms with Gasteiger partial charge in [-0.1, -0.05) is 231 Å². The fourth-order valence-corrected chi connectivity index (χ4v) is 7.98. The first-order valence-electron chi connectivity index (χ1n) is 26.1. The number of hydrogen-bond donors (Lipinski definition) is 3. The van der Waals surface area contributed by atoms with Crippen molar-refractivity contribution in [2.45, 2.75) is 289 Å². The second kappa shape index (κ2) is 49.0. The molecular weight excluding hydrogens is 731 g/mol. The van der Waals surface area contributed by atoms with Crippen LogP contribution in [0.25, 0.3) is 0 Å². The van der Waals surface area contributed by atoms with Gasteiger partial charge < -0.3 is 20.3 Å². The van der Waals surface area contributed by atoms with Gasteiger partial charge in [-0.05, 0) is 57.8 Å². The number of unbranched alkanes of at least 4 members (excludes halogenated alkanes) is 34. The molecule has 0 saturated carbocycles. The van der Waals surface area contributed by atoms with Crippen molar-refractivity contribution in [3.05, 3.63) is 24.3 Å². The van der Waals surface area contributed by atoms with Gasteiger partial charge >= 0.3 is 5.97 Å². The van der Waals surface area contributed by atoms with Crippen molar-refractivity contribution in [3.8, 4) is 0 Å². The van der Waals surface area contributed by atoms with Crippen LogP contribution in [0.3, 0.4) is 0 Å². The second-order valence-electron chi connectivity index (χ2n) is 17.9. The van der Waals surface area contributed by atoms with E-state index in [0.717, 1.165) is 77.0 Å². The highest BCUT2D eigenvalue weighted by atomic mass is 16.5. The van der Waals surface area contributed by atoms with Gasteiger partial charge in [0.15, 0.2) is 0 Å². The van der Waals surface area contributed by atoms with Gasteiger partial charge in [0, 0.05) is 12.8 Å². The van der Waals surface area contributed by atoms with E-state index in [1.54, 1.807) is 0 Å². The molecule has 0 aliphatic heterocycles. The third-order valence-electron chi connectivity index (χ3n) is 12.0. The average molecular weight is 832 g/mol. The molecule has 1 amide bonds. The number of allylic oxidation sites excluding steroid dienone is 4. The van der Waals surface area contributed by atoms with Gasteiger partial charge in [-0.25, -0.2) is 0 Å². The summed E-state index contributed by atoms with van der Waals surface area (Å²) in [4.78, 5) is 24.4. The molecule has 6 nitrogen and oxygen atoms in total. The summed E-state index contributed by atoms with van der Waals surface area (Å²) in [6, 6.07) is -0.556. The normalized spacial score (nSPS) is 12.8. The van der Waals surface area contributed by atoms with Crippen molar-refractivity contribution in [2.75, 3.05) is 13.2 Å². The van der Waals surface area contributed by atoms with Gasteiger partial charge in [0.05, 0.1) is 25.4 Å². The topological polar surface area (TPSA) is 95.9 Å². The third kappa shape index (κ3) is 45.7. The lowest BCUT2D eigenvalue weighted by Crippen LogP contribution is -2.45. The Hall–Kier alpha value is -1.66. The molecule has 0 heterocycles. The number of carbonyl (C=O) groups is 2. The molecule has 348 valence electrons. The third-order valence-corrected chi connectivity index (χ3v) is 12.0. The number of ether oxygens (including phenoxy) is 1. The standard InChI is InChI=1S/C53H101NO5/c1-3-5-7-9-11-13-15-16-17-20-23-27-31-35-39-43-47-53(58)59-48-44-40-36-32-28-24-21-18-19-22-26-30-34-38-42-46-52(57)54-50(49-55)51(56)45-41-37-33-29-25-14-12-10-8-6-4-2/h18,21,24,28,50-51,55-56H,3-17,19-20,22-23,25-27,29-49H2,1-2H3,(H,54,57)/b21-18-,28-24-. The lowest BCUT2D eigenvalue weighted by atomic mass is 10.0. The van der Waals surface area contributed by atoms with Crippen LogP contribution in [0.2, 0.25) is 0 Å². The molecule has 0 aromatic heterocycles. The second-order valence-corrected chi connectivity index (χ2v) is 17.9. The van der Waals surface area contributed by atoms with Crippen LogP contribution in [0.4, 0.5) is 0 Å². The van der Waals surface area contributed by atoms with Crippen LogP contribution in [-0.4, -0.2) is 47.4 Å². The van der Waals surface area contributed by atoms with Crippen LogP contribution >= 0.6 is 0 Å². The summed E-state index contributed by atoms with van der Waals surface area (Å²) in [5, 5.41) is 23.1. The summed E-state index contributed by atoms with van der Waals surface area (Å²) in [7, 11) is 0. The van der Waals surface area contributed by atoms with Crippen LogP contribution in [0, 0.1) is 0 Å². The number of hydrogen-bond acceptors (Lipinski definition) is 5. The monoisotopic (exact) mass is 832 g/mol. The Morgan fingerprint density at radius 1 is 0.475 bits per heavy atom. The number of rotatable bonds is 48. The highest BCUT2D eigenvalue weighted by Crippen LogP contribution is 2.16. The van der Waals surface area contributed by atoms with E-state index in [1.807, 2.05) is 0 Å². The molecule has 0 saturated heterocycles. The van der Waals surface area contributed by atoms with Crippen LogP contribution in [0.15, 0.2) is 24.3 Å². The lowest BCUT2D eigenvalue weighted by molar-refractivity contribution is -0.143. The zero-order valence-electron chi connectivity index (χ0n) is 39.5. The molecule has 0 aliphatic carbocycles. The molecule has 6 heteroatoms. The Bertz CT molecular complexity index is 920. The van der Waals surface area contributed by atoms with E-state index in [4.69, 9.17) is 4.74 Å². The minimum Gasteiger partial charge on any atom is -0.466 e. The van der Waals surface area contributed by atoms with Gasteiger partial charge in [0.1, 0.15) is 0 Å². The molecule has 0 rings (SSSR count). The molecule has 0 radical (unpaired) electrons. The Labute approximate surface area is 367 Å². The fourth-order valence-electron chi connectivity index (χ4n) is 7.98. The number of nitrogens with one attached hydrogen (secondary N) is 1. The van der Waals surface area contributed by atoms with Crippen LogP contribution in [-0.2, 0) is 14.3 Å². The molecule has 2 atom stereocenters. The van der Waals surface area contributed by atoms with E-state index in [-0.39, 0.29) is 18.5 Å². The van der Waals surface area contributed by atoms with Gasteiger partial charge in [-0.3, -0.25) is 9.59 Å². The summed E-state index contributed by atoms with van der Waals surface area (Å²) < 4.78 is 5.45. The van der Waals surface area contributed by atoms with Crippen molar-refractivity contribution in [1.82, 2.24) is 5.32 Å². The highest BCUT2D eigenvalue weighted by Gasteiger charge is 2.20. The highest BCUT2D eigenvalue weighted by molar-refractivity contribution is 5.76. The average Bonchev–Trinajstić information content (AvgIpc) is 3.24. The number of aliphatic hydroxyl groups is 2. The van der Waals surface area contributed by atoms with E-state index >= 15 is 0 Å².